The summed E-state index contributed by atoms with van der Waals surface area (Å²) in [6, 6.07) is 4.33. The van der Waals surface area contributed by atoms with Gasteiger partial charge in [0.1, 0.15) is 0 Å². The third-order valence-electron chi connectivity index (χ3n) is 3.16. The van der Waals surface area contributed by atoms with Crippen molar-refractivity contribution in [1.29, 1.82) is 0 Å². The van der Waals surface area contributed by atoms with Crippen molar-refractivity contribution in [3.8, 4) is 0 Å². The highest BCUT2D eigenvalue weighted by molar-refractivity contribution is 9.10. The van der Waals surface area contributed by atoms with Crippen LogP contribution in [0, 0.1) is 0 Å². The van der Waals surface area contributed by atoms with Crippen molar-refractivity contribution in [2.24, 2.45) is 0 Å². The summed E-state index contributed by atoms with van der Waals surface area (Å²) in [6.45, 7) is 8.45. The number of hydrogen-bond donors (Lipinski definition) is 1. The van der Waals surface area contributed by atoms with Gasteiger partial charge < -0.3 is 5.73 Å². The Morgan fingerprint density at radius 1 is 1.06 bits per heavy atom. The van der Waals surface area contributed by atoms with Gasteiger partial charge in [-0.1, -0.05) is 44.2 Å². The predicted octanol–water partition coefficient (Wildman–Crippen LogP) is 5.39. The van der Waals surface area contributed by atoms with Crippen LogP contribution in [0.5, 0.6) is 0 Å². The van der Waals surface area contributed by atoms with Crippen LogP contribution in [0.25, 0.3) is 0 Å². The van der Waals surface area contributed by atoms with Gasteiger partial charge in [-0.2, -0.15) is 0 Å². The third kappa shape index (κ3) is 3.49. The van der Waals surface area contributed by atoms with Crippen molar-refractivity contribution in [2.75, 3.05) is 5.73 Å². The van der Waals surface area contributed by atoms with Gasteiger partial charge in [-0.25, -0.2) is 0 Å². The summed E-state index contributed by atoms with van der Waals surface area (Å²) in [7, 11) is 0. The van der Waals surface area contributed by atoms with E-state index >= 15 is 0 Å². The molecular weight excluding hydrogens is 286 g/mol. The van der Waals surface area contributed by atoms with Gasteiger partial charge >= 0.3 is 0 Å². The smallest absolute Gasteiger partial charge is 0.0497 e. The van der Waals surface area contributed by atoms with E-state index in [4.69, 9.17) is 5.73 Å². The molecule has 1 aromatic carbocycles. The molecule has 0 bridgehead atoms. The van der Waals surface area contributed by atoms with Crippen molar-refractivity contribution in [3.05, 3.63) is 52.0 Å². The number of halogens is 1. The Kier molecular flexibility index (Phi) is 5.67. The minimum absolute atomic E-state index is 0.337. The fraction of sp³-hybridized carbons (Fsp3) is 0.375. The Bertz CT molecular complexity index is 460. The summed E-state index contributed by atoms with van der Waals surface area (Å²) in [5, 5.41) is 0. The van der Waals surface area contributed by atoms with Crippen molar-refractivity contribution in [2.45, 2.75) is 39.5 Å². The van der Waals surface area contributed by atoms with Crippen LogP contribution < -0.4 is 5.73 Å². The number of hydrogen-bond acceptors (Lipinski definition) is 1. The fourth-order valence-corrected chi connectivity index (χ4v) is 2.59. The molecule has 0 aliphatic carbocycles. The quantitative estimate of drug-likeness (QED) is 0.585. The second-order valence-corrected chi connectivity index (χ2v) is 5.49. The van der Waals surface area contributed by atoms with E-state index in [-0.39, 0.29) is 0 Å². The Balaban J connectivity index is 3.26. The highest BCUT2D eigenvalue weighted by Gasteiger charge is 2.12. The lowest BCUT2D eigenvalue weighted by Gasteiger charge is -2.16. The maximum absolute atomic E-state index is 6.16. The Labute approximate surface area is 119 Å². The minimum atomic E-state index is 0.337. The van der Waals surface area contributed by atoms with Gasteiger partial charge in [0, 0.05) is 16.1 Å². The maximum atomic E-state index is 6.16. The fourth-order valence-electron chi connectivity index (χ4n) is 2.09. The number of rotatable bonds is 4. The highest BCUT2D eigenvalue weighted by Crippen LogP contribution is 2.34. The molecular formula is C16H22BrN. The normalized spacial score (nSPS) is 15.4. The first kappa shape index (κ1) is 15.0. The van der Waals surface area contributed by atoms with E-state index in [1.807, 2.05) is 13.8 Å². The molecule has 0 spiro atoms. The van der Waals surface area contributed by atoms with Crippen LogP contribution in [0.3, 0.4) is 0 Å². The van der Waals surface area contributed by atoms with Crippen molar-refractivity contribution < 1.29 is 0 Å². The summed E-state index contributed by atoms with van der Waals surface area (Å²) in [5.41, 5.74) is 9.48. The molecule has 18 heavy (non-hydrogen) atoms. The molecule has 0 saturated carbocycles. The van der Waals surface area contributed by atoms with Crippen molar-refractivity contribution in [3.63, 3.8) is 0 Å². The number of anilines is 1. The molecule has 0 aromatic heterocycles. The summed E-state index contributed by atoms with van der Waals surface area (Å²) in [5.74, 6) is 0.743. The zero-order chi connectivity index (χ0) is 13.7. The van der Waals surface area contributed by atoms with Gasteiger partial charge in [-0.3, -0.25) is 0 Å². The van der Waals surface area contributed by atoms with Crippen LogP contribution in [-0.4, -0.2) is 0 Å². The first-order valence-electron chi connectivity index (χ1n) is 6.35. The van der Waals surface area contributed by atoms with E-state index in [9.17, 15) is 0 Å². The second-order valence-electron chi connectivity index (χ2n) is 4.63. The predicted molar refractivity (Wildman–Crippen MR) is 85.0 cm³/mol. The molecule has 2 unspecified atom stereocenters. The van der Waals surface area contributed by atoms with Crippen molar-refractivity contribution >= 4 is 21.6 Å². The molecule has 0 aliphatic heterocycles. The second kappa shape index (κ2) is 6.79. The van der Waals surface area contributed by atoms with E-state index < -0.39 is 0 Å². The minimum Gasteiger partial charge on any atom is -0.398 e. The summed E-state index contributed by atoms with van der Waals surface area (Å²) in [4.78, 5) is 0. The van der Waals surface area contributed by atoms with Crippen LogP contribution in [0.1, 0.15) is 50.7 Å². The van der Waals surface area contributed by atoms with Crippen LogP contribution in [0.15, 0.2) is 40.9 Å². The first-order chi connectivity index (χ1) is 8.51. The number of nitrogen functional groups attached to an aromatic ring is 1. The van der Waals surface area contributed by atoms with Crippen LogP contribution in [0.2, 0.25) is 0 Å². The topological polar surface area (TPSA) is 26.0 Å². The molecule has 1 nitrogen and oxygen atoms in total. The van der Waals surface area contributed by atoms with Crippen LogP contribution in [-0.2, 0) is 0 Å². The Morgan fingerprint density at radius 2 is 1.61 bits per heavy atom. The highest BCUT2D eigenvalue weighted by atomic mass is 79.9. The lowest BCUT2D eigenvalue weighted by atomic mass is 9.92. The number of benzene rings is 1. The van der Waals surface area contributed by atoms with E-state index in [2.05, 4.69) is 66.2 Å². The standard InChI is InChI=1S/C16H22BrN/c1-5-7-11(3)13-9-14(12(4)8-6-2)16(18)15(17)10-13/h5-12H,18H2,1-4H3/b7-5+,8-6+. The van der Waals surface area contributed by atoms with E-state index in [0.29, 0.717) is 11.8 Å². The molecule has 0 radical (unpaired) electrons. The molecule has 2 N–H and O–H groups in total. The summed E-state index contributed by atoms with van der Waals surface area (Å²) < 4.78 is 0.989. The molecule has 2 atom stereocenters. The van der Waals surface area contributed by atoms with Crippen molar-refractivity contribution in [1.82, 2.24) is 0 Å². The molecule has 1 rings (SSSR count). The average Bonchev–Trinajstić information content (AvgIpc) is 2.32. The zero-order valence-corrected chi connectivity index (χ0v) is 13.2. The third-order valence-corrected chi connectivity index (χ3v) is 3.82. The first-order valence-corrected chi connectivity index (χ1v) is 7.15. The molecule has 0 heterocycles. The Morgan fingerprint density at radius 3 is 2.17 bits per heavy atom. The average molecular weight is 308 g/mol. The van der Waals surface area contributed by atoms with E-state index in [1.54, 1.807) is 0 Å². The van der Waals surface area contributed by atoms with Gasteiger partial charge in [0.25, 0.3) is 0 Å². The van der Waals surface area contributed by atoms with Gasteiger partial charge in [-0.05, 0) is 52.9 Å². The van der Waals surface area contributed by atoms with Gasteiger partial charge in [0.15, 0.2) is 0 Å². The molecule has 0 saturated heterocycles. The zero-order valence-electron chi connectivity index (χ0n) is 11.6. The van der Waals surface area contributed by atoms with Gasteiger partial charge in [-0.15, -0.1) is 0 Å². The van der Waals surface area contributed by atoms with Gasteiger partial charge in [0.05, 0.1) is 0 Å². The molecule has 2 heteroatoms. The van der Waals surface area contributed by atoms with Crippen LogP contribution >= 0.6 is 15.9 Å². The lowest BCUT2D eigenvalue weighted by molar-refractivity contribution is 0.926. The number of allylic oxidation sites excluding steroid dienone is 4. The number of nitrogens with two attached hydrogens (primary N) is 1. The lowest BCUT2D eigenvalue weighted by Crippen LogP contribution is -2.01. The monoisotopic (exact) mass is 307 g/mol. The van der Waals surface area contributed by atoms with E-state index in [0.717, 1.165) is 10.2 Å². The Hall–Kier alpha value is -1.02. The molecule has 1 aromatic rings. The molecule has 0 amide bonds. The van der Waals surface area contributed by atoms with Crippen LogP contribution in [0.4, 0.5) is 5.69 Å². The summed E-state index contributed by atoms with van der Waals surface area (Å²) in [6.07, 6.45) is 8.52. The van der Waals surface area contributed by atoms with Gasteiger partial charge in [0.2, 0.25) is 0 Å². The SMILES string of the molecule is C/C=C/C(C)c1cc(Br)c(N)c(C(C)/C=C/C)c1. The molecule has 0 aliphatic rings. The summed E-state index contributed by atoms with van der Waals surface area (Å²) >= 11 is 3.56. The molecule has 0 fully saturated rings. The largest absolute Gasteiger partial charge is 0.398 e. The molecule has 98 valence electrons. The van der Waals surface area contributed by atoms with E-state index in [1.165, 1.54) is 11.1 Å². The maximum Gasteiger partial charge on any atom is 0.0497 e.